The van der Waals surface area contributed by atoms with Gasteiger partial charge in [-0.1, -0.05) is 0 Å². The van der Waals surface area contributed by atoms with E-state index in [4.69, 9.17) is 10.5 Å². The highest BCUT2D eigenvalue weighted by atomic mass is 32.1. The van der Waals surface area contributed by atoms with Gasteiger partial charge in [-0.05, 0) is 20.3 Å². The van der Waals surface area contributed by atoms with Crippen molar-refractivity contribution in [1.29, 1.82) is 0 Å². The first-order chi connectivity index (χ1) is 7.68. The van der Waals surface area contributed by atoms with Gasteiger partial charge in [0.15, 0.2) is 5.13 Å². The van der Waals surface area contributed by atoms with Gasteiger partial charge in [0.1, 0.15) is 0 Å². The molecule has 1 atom stereocenters. The van der Waals surface area contributed by atoms with Crippen molar-refractivity contribution in [1.82, 2.24) is 4.98 Å². The van der Waals surface area contributed by atoms with E-state index in [9.17, 15) is 0 Å². The lowest BCUT2D eigenvalue weighted by Crippen LogP contribution is -2.25. The van der Waals surface area contributed by atoms with Crippen LogP contribution in [0.15, 0.2) is 0 Å². The number of rotatable bonds is 2. The molecule has 1 fully saturated rings. The van der Waals surface area contributed by atoms with Crippen molar-refractivity contribution in [3.8, 4) is 0 Å². The lowest BCUT2D eigenvalue weighted by atomic mass is 10.2. The summed E-state index contributed by atoms with van der Waals surface area (Å²) in [7, 11) is 0. The first-order valence-electron chi connectivity index (χ1n) is 5.74. The summed E-state index contributed by atoms with van der Waals surface area (Å²) in [6, 6.07) is 0.0782. The summed E-state index contributed by atoms with van der Waals surface area (Å²) in [6.45, 7) is 7.67. The second-order valence-corrected chi connectivity index (χ2v) is 5.20. The minimum atomic E-state index is 0.0782. The van der Waals surface area contributed by atoms with Crippen molar-refractivity contribution in [3.63, 3.8) is 0 Å². The first-order valence-corrected chi connectivity index (χ1v) is 6.55. The van der Waals surface area contributed by atoms with Crippen LogP contribution in [0.3, 0.4) is 0 Å². The summed E-state index contributed by atoms with van der Waals surface area (Å²) in [5.41, 5.74) is 6.99. The fourth-order valence-corrected chi connectivity index (χ4v) is 2.96. The number of ether oxygens (including phenoxy) is 1. The van der Waals surface area contributed by atoms with Crippen molar-refractivity contribution < 1.29 is 4.74 Å². The monoisotopic (exact) mass is 241 g/mol. The van der Waals surface area contributed by atoms with E-state index in [0.29, 0.717) is 0 Å². The number of nitrogens with zero attached hydrogens (tertiary/aromatic N) is 2. The van der Waals surface area contributed by atoms with E-state index >= 15 is 0 Å². The Balaban J connectivity index is 2.16. The highest BCUT2D eigenvalue weighted by Crippen LogP contribution is 2.29. The van der Waals surface area contributed by atoms with Crippen LogP contribution >= 0.6 is 11.3 Å². The molecule has 5 heteroatoms. The van der Waals surface area contributed by atoms with E-state index in [0.717, 1.165) is 43.5 Å². The summed E-state index contributed by atoms with van der Waals surface area (Å²) in [5.74, 6) is 0. The van der Waals surface area contributed by atoms with Crippen LogP contribution in [0.1, 0.15) is 30.0 Å². The number of hydrogen-bond acceptors (Lipinski definition) is 5. The molecule has 0 aromatic carbocycles. The van der Waals surface area contributed by atoms with Crippen LogP contribution in [-0.4, -0.2) is 31.3 Å². The summed E-state index contributed by atoms with van der Waals surface area (Å²) in [6.07, 6.45) is 1.08. The van der Waals surface area contributed by atoms with Crippen molar-refractivity contribution in [2.45, 2.75) is 26.3 Å². The standard InChI is InChI=1S/C11H19N3OS/c1-8(12)10-9(2)13-11(16-10)14-4-3-6-15-7-5-14/h8H,3-7,12H2,1-2H3. The molecule has 0 amide bonds. The molecule has 16 heavy (non-hydrogen) atoms. The molecular formula is C11H19N3OS. The van der Waals surface area contributed by atoms with Gasteiger partial charge in [-0.15, -0.1) is 11.3 Å². The molecule has 0 radical (unpaired) electrons. The SMILES string of the molecule is Cc1nc(N2CCCOCC2)sc1C(C)N. The summed E-state index contributed by atoms with van der Waals surface area (Å²) >= 11 is 1.72. The molecule has 4 nitrogen and oxygen atoms in total. The second-order valence-electron chi connectivity index (χ2n) is 4.19. The van der Waals surface area contributed by atoms with E-state index in [2.05, 4.69) is 9.88 Å². The molecule has 0 saturated carbocycles. The Morgan fingerprint density at radius 2 is 2.25 bits per heavy atom. The molecule has 1 unspecified atom stereocenters. The maximum absolute atomic E-state index is 5.92. The third kappa shape index (κ3) is 2.53. The molecule has 2 heterocycles. The molecular weight excluding hydrogens is 222 g/mol. The van der Waals surface area contributed by atoms with Crippen LogP contribution < -0.4 is 10.6 Å². The number of nitrogens with two attached hydrogens (primary N) is 1. The predicted octanol–water partition coefficient (Wildman–Crippen LogP) is 1.70. The van der Waals surface area contributed by atoms with Crippen molar-refractivity contribution >= 4 is 16.5 Å². The number of hydrogen-bond donors (Lipinski definition) is 1. The molecule has 1 saturated heterocycles. The fourth-order valence-electron chi connectivity index (χ4n) is 1.89. The Hall–Kier alpha value is -0.650. The quantitative estimate of drug-likeness (QED) is 0.856. The van der Waals surface area contributed by atoms with E-state index in [-0.39, 0.29) is 6.04 Å². The zero-order chi connectivity index (χ0) is 11.5. The van der Waals surface area contributed by atoms with Gasteiger partial charge in [-0.3, -0.25) is 0 Å². The van der Waals surface area contributed by atoms with Gasteiger partial charge in [-0.25, -0.2) is 4.98 Å². The lowest BCUT2D eigenvalue weighted by Gasteiger charge is -2.17. The normalized spacial score (nSPS) is 19.6. The number of anilines is 1. The van der Waals surface area contributed by atoms with Gasteiger partial charge in [-0.2, -0.15) is 0 Å². The van der Waals surface area contributed by atoms with E-state index < -0.39 is 0 Å². The molecule has 1 aliphatic rings. The average molecular weight is 241 g/mol. The smallest absolute Gasteiger partial charge is 0.185 e. The number of thiazole rings is 1. The van der Waals surface area contributed by atoms with Crippen molar-refractivity contribution in [3.05, 3.63) is 10.6 Å². The van der Waals surface area contributed by atoms with Crippen LogP contribution in [0.5, 0.6) is 0 Å². The van der Waals surface area contributed by atoms with E-state index in [1.165, 1.54) is 4.88 Å². The predicted molar refractivity (Wildman–Crippen MR) is 67.1 cm³/mol. The zero-order valence-electron chi connectivity index (χ0n) is 9.90. The van der Waals surface area contributed by atoms with Gasteiger partial charge in [0.25, 0.3) is 0 Å². The first kappa shape index (κ1) is 11.8. The van der Waals surface area contributed by atoms with Crippen LogP contribution in [0.4, 0.5) is 5.13 Å². The van der Waals surface area contributed by atoms with Crippen LogP contribution in [0.2, 0.25) is 0 Å². The van der Waals surface area contributed by atoms with E-state index in [1.54, 1.807) is 11.3 Å². The molecule has 1 aromatic rings. The second kappa shape index (κ2) is 5.12. The molecule has 90 valence electrons. The minimum absolute atomic E-state index is 0.0782. The van der Waals surface area contributed by atoms with E-state index in [1.807, 2.05) is 13.8 Å². The Morgan fingerprint density at radius 3 is 2.94 bits per heavy atom. The largest absolute Gasteiger partial charge is 0.380 e. The molecule has 2 rings (SSSR count). The third-order valence-corrected chi connectivity index (χ3v) is 4.15. The summed E-state index contributed by atoms with van der Waals surface area (Å²) in [5, 5.41) is 1.09. The average Bonchev–Trinajstić information content (AvgIpc) is 2.50. The molecule has 1 aliphatic heterocycles. The fraction of sp³-hybridized carbons (Fsp3) is 0.727. The Bertz CT molecular complexity index is 343. The molecule has 0 aliphatic carbocycles. The van der Waals surface area contributed by atoms with Crippen LogP contribution in [0, 0.1) is 6.92 Å². The molecule has 2 N–H and O–H groups in total. The minimum Gasteiger partial charge on any atom is -0.380 e. The van der Waals surface area contributed by atoms with Crippen LogP contribution in [0.25, 0.3) is 0 Å². The highest BCUT2D eigenvalue weighted by molar-refractivity contribution is 7.15. The Kier molecular flexibility index (Phi) is 3.78. The molecule has 0 bridgehead atoms. The maximum atomic E-state index is 5.92. The molecule has 0 spiro atoms. The lowest BCUT2D eigenvalue weighted by molar-refractivity contribution is 0.152. The van der Waals surface area contributed by atoms with Gasteiger partial charge < -0.3 is 15.4 Å². The third-order valence-electron chi connectivity index (χ3n) is 2.73. The van der Waals surface area contributed by atoms with Gasteiger partial charge in [0, 0.05) is 30.6 Å². The van der Waals surface area contributed by atoms with Gasteiger partial charge >= 0.3 is 0 Å². The van der Waals surface area contributed by atoms with Crippen molar-refractivity contribution in [2.75, 3.05) is 31.2 Å². The molecule has 1 aromatic heterocycles. The number of aromatic nitrogens is 1. The summed E-state index contributed by atoms with van der Waals surface area (Å²) < 4.78 is 5.44. The number of aryl methyl sites for hydroxylation is 1. The summed E-state index contributed by atoms with van der Waals surface area (Å²) in [4.78, 5) is 8.10. The zero-order valence-corrected chi connectivity index (χ0v) is 10.7. The Labute approximate surface area is 100 Å². The maximum Gasteiger partial charge on any atom is 0.185 e. The van der Waals surface area contributed by atoms with Gasteiger partial charge in [0.2, 0.25) is 0 Å². The van der Waals surface area contributed by atoms with Crippen molar-refractivity contribution in [2.24, 2.45) is 5.73 Å². The van der Waals surface area contributed by atoms with Gasteiger partial charge in [0.05, 0.1) is 12.3 Å². The highest BCUT2D eigenvalue weighted by Gasteiger charge is 2.17. The topological polar surface area (TPSA) is 51.4 Å². The van der Waals surface area contributed by atoms with Crippen LogP contribution in [-0.2, 0) is 4.74 Å². The Morgan fingerprint density at radius 1 is 1.44 bits per heavy atom.